The molecule has 0 spiro atoms. The Morgan fingerprint density at radius 1 is 1.05 bits per heavy atom. The van der Waals surface area contributed by atoms with Crippen molar-refractivity contribution in [2.45, 2.75) is 51.5 Å². The summed E-state index contributed by atoms with van der Waals surface area (Å²) in [4.78, 5) is 0. The maximum atomic E-state index is 3.94. The van der Waals surface area contributed by atoms with Crippen LogP contribution in [-0.4, -0.2) is 6.54 Å². The van der Waals surface area contributed by atoms with Crippen LogP contribution in [0.3, 0.4) is 0 Å². The maximum Gasteiger partial charge on any atom is 0.0348 e. The van der Waals surface area contributed by atoms with Crippen LogP contribution in [0.4, 0.5) is 0 Å². The predicted octanol–water partition coefficient (Wildman–Crippen LogP) is 4.47. The fourth-order valence-corrected chi connectivity index (χ4v) is 4.66. The lowest BCUT2D eigenvalue weighted by atomic mass is 9.88. The van der Waals surface area contributed by atoms with E-state index < -0.39 is 0 Å². The van der Waals surface area contributed by atoms with Gasteiger partial charge >= 0.3 is 0 Å². The van der Waals surface area contributed by atoms with Crippen molar-refractivity contribution >= 4 is 0 Å². The minimum Gasteiger partial charge on any atom is -0.309 e. The highest BCUT2D eigenvalue weighted by Gasteiger charge is 2.40. The first kappa shape index (κ1) is 12.9. The number of hydrogen-bond donors (Lipinski definition) is 1. The Morgan fingerprint density at radius 3 is 2.45 bits per heavy atom. The highest BCUT2D eigenvalue weighted by Crippen LogP contribution is 2.48. The van der Waals surface area contributed by atoms with Crippen LogP contribution in [0.2, 0.25) is 0 Å². The Hall–Kier alpha value is -0.820. The average Bonchev–Trinajstić information content (AvgIpc) is 3.08. The summed E-state index contributed by atoms with van der Waals surface area (Å²) < 4.78 is 0. The van der Waals surface area contributed by atoms with Crippen molar-refractivity contribution in [3.05, 3.63) is 35.4 Å². The Balaban J connectivity index is 1.40. The molecule has 108 valence electrons. The summed E-state index contributed by atoms with van der Waals surface area (Å²) in [6.45, 7) is 3.44. The van der Waals surface area contributed by atoms with Crippen LogP contribution in [0.15, 0.2) is 24.3 Å². The fraction of sp³-hybridized carbons (Fsp3) is 0.684. The van der Waals surface area contributed by atoms with Gasteiger partial charge in [-0.3, -0.25) is 0 Å². The largest absolute Gasteiger partial charge is 0.309 e. The van der Waals surface area contributed by atoms with Crippen LogP contribution in [0.25, 0.3) is 0 Å². The summed E-state index contributed by atoms with van der Waals surface area (Å²) >= 11 is 0. The summed E-state index contributed by atoms with van der Waals surface area (Å²) in [6.07, 6.45) is 8.90. The van der Waals surface area contributed by atoms with E-state index in [1.165, 1.54) is 56.2 Å². The Bertz CT molecular complexity index is 459. The first-order valence-electron chi connectivity index (χ1n) is 8.59. The van der Waals surface area contributed by atoms with Crippen LogP contribution < -0.4 is 5.32 Å². The average molecular weight is 269 g/mol. The van der Waals surface area contributed by atoms with Crippen molar-refractivity contribution < 1.29 is 0 Å². The summed E-state index contributed by atoms with van der Waals surface area (Å²) in [6, 6.07) is 9.83. The molecule has 3 fully saturated rings. The molecule has 4 atom stereocenters. The van der Waals surface area contributed by atoms with Crippen LogP contribution in [0.5, 0.6) is 0 Å². The molecule has 4 rings (SSSR count). The van der Waals surface area contributed by atoms with E-state index in [2.05, 4.69) is 36.5 Å². The molecule has 1 nitrogen and oxygen atoms in total. The van der Waals surface area contributed by atoms with Gasteiger partial charge in [-0.1, -0.05) is 36.2 Å². The third-order valence-electron chi connectivity index (χ3n) is 6.01. The number of nitrogens with one attached hydrogen (secondary N) is 1. The van der Waals surface area contributed by atoms with E-state index >= 15 is 0 Å². The number of hydrogen-bond acceptors (Lipinski definition) is 1. The quantitative estimate of drug-likeness (QED) is 0.831. The fourth-order valence-electron chi connectivity index (χ4n) is 4.66. The van der Waals surface area contributed by atoms with Crippen LogP contribution in [0, 0.1) is 30.6 Å². The molecule has 1 heteroatoms. The van der Waals surface area contributed by atoms with Crippen molar-refractivity contribution in [2.24, 2.45) is 23.7 Å². The van der Waals surface area contributed by atoms with E-state index in [0.29, 0.717) is 6.04 Å². The van der Waals surface area contributed by atoms with Gasteiger partial charge in [-0.25, -0.2) is 0 Å². The normalized spacial score (nSPS) is 33.5. The lowest BCUT2D eigenvalue weighted by molar-refractivity contribution is 0.300. The lowest BCUT2D eigenvalue weighted by Gasteiger charge is -2.26. The van der Waals surface area contributed by atoms with Gasteiger partial charge in [-0.15, -0.1) is 0 Å². The van der Waals surface area contributed by atoms with Crippen LogP contribution >= 0.6 is 0 Å². The molecule has 0 amide bonds. The molecule has 1 aromatic carbocycles. The van der Waals surface area contributed by atoms with E-state index in [0.717, 1.165) is 23.7 Å². The number of benzene rings is 1. The van der Waals surface area contributed by atoms with E-state index in [9.17, 15) is 0 Å². The first-order chi connectivity index (χ1) is 9.79. The highest BCUT2D eigenvalue weighted by atomic mass is 14.9. The van der Waals surface area contributed by atoms with Crippen LogP contribution in [-0.2, 0) is 0 Å². The summed E-state index contributed by atoms with van der Waals surface area (Å²) in [5.74, 6) is 3.99. The molecule has 0 saturated heterocycles. The molecule has 3 aliphatic rings. The predicted molar refractivity (Wildman–Crippen MR) is 83.6 cm³/mol. The van der Waals surface area contributed by atoms with Crippen molar-refractivity contribution in [3.63, 3.8) is 0 Å². The van der Waals surface area contributed by atoms with Gasteiger partial charge in [0.15, 0.2) is 0 Å². The topological polar surface area (TPSA) is 12.0 Å². The second kappa shape index (κ2) is 5.18. The zero-order valence-corrected chi connectivity index (χ0v) is 12.6. The van der Waals surface area contributed by atoms with Crippen LogP contribution in [0.1, 0.15) is 55.7 Å². The zero-order chi connectivity index (χ0) is 13.5. The molecule has 0 aliphatic heterocycles. The minimum absolute atomic E-state index is 0.620. The maximum absolute atomic E-state index is 3.94. The zero-order valence-electron chi connectivity index (χ0n) is 12.6. The molecule has 20 heavy (non-hydrogen) atoms. The van der Waals surface area contributed by atoms with E-state index in [-0.39, 0.29) is 0 Å². The minimum atomic E-state index is 0.620. The molecule has 3 saturated carbocycles. The second-order valence-corrected chi connectivity index (χ2v) is 7.57. The van der Waals surface area contributed by atoms with Gasteiger partial charge in [-0.2, -0.15) is 0 Å². The van der Waals surface area contributed by atoms with Crippen molar-refractivity contribution in [1.82, 2.24) is 5.32 Å². The van der Waals surface area contributed by atoms with Crippen molar-refractivity contribution in [2.75, 3.05) is 6.54 Å². The van der Waals surface area contributed by atoms with Gasteiger partial charge in [-0.05, 0) is 74.8 Å². The molecule has 4 unspecified atom stereocenters. The van der Waals surface area contributed by atoms with E-state index in [1.54, 1.807) is 0 Å². The highest BCUT2D eigenvalue weighted by molar-refractivity contribution is 5.25. The van der Waals surface area contributed by atoms with Crippen molar-refractivity contribution in [3.8, 4) is 0 Å². The second-order valence-electron chi connectivity index (χ2n) is 7.57. The Morgan fingerprint density at radius 2 is 1.85 bits per heavy atom. The Labute approximate surface area is 123 Å². The van der Waals surface area contributed by atoms with E-state index in [4.69, 9.17) is 0 Å². The lowest BCUT2D eigenvalue weighted by Crippen LogP contribution is -2.31. The molecular weight excluding hydrogens is 242 g/mol. The third-order valence-corrected chi connectivity index (χ3v) is 6.01. The van der Waals surface area contributed by atoms with Gasteiger partial charge in [0.2, 0.25) is 0 Å². The van der Waals surface area contributed by atoms with Gasteiger partial charge < -0.3 is 5.32 Å². The Kier molecular flexibility index (Phi) is 3.34. The van der Waals surface area contributed by atoms with Gasteiger partial charge in [0.25, 0.3) is 0 Å². The standard InChI is InChI=1S/C19H27N/c1-13-2-5-15(6-3-13)19(16-8-9-16)20-12-18-11-14-4-7-17(18)10-14/h2-3,5-6,14,16-20H,4,7-12H2,1H3. The molecule has 1 aromatic rings. The molecule has 0 radical (unpaired) electrons. The number of aryl methyl sites for hydroxylation is 1. The molecule has 0 aromatic heterocycles. The molecule has 2 bridgehead atoms. The summed E-state index contributed by atoms with van der Waals surface area (Å²) in [7, 11) is 0. The molecule has 0 heterocycles. The number of rotatable bonds is 5. The SMILES string of the molecule is Cc1ccc(C(NCC2CC3CCC2C3)C2CC2)cc1. The third kappa shape index (κ3) is 2.53. The monoisotopic (exact) mass is 269 g/mol. The van der Waals surface area contributed by atoms with Gasteiger partial charge in [0, 0.05) is 6.04 Å². The van der Waals surface area contributed by atoms with Gasteiger partial charge in [0.05, 0.1) is 0 Å². The molecule has 1 N–H and O–H groups in total. The van der Waals surface area contributed by atoms with Crippen molar-refractivity contribution in [1.29, 1.82) is 0 Å². The molecular formula is C19H27N. The van der Waals surface area contributed by atoms with E-state index in [1.807, 2.05) is 0 Å². The van der Waals surface area contributed by atoms with Gasteiger partial charge in [0.1, 0.15) is 0 Å². The number of fused-ring (bicyclic) bond motifs is 2. The molecule has 3 aliphatic carbocycles. The summed E-state index contributed by atoms with van der Waals surface area (Å²) in [5.41, 5.74) is 2.89. The summed E-state index contributed by atoms with van der Waals surface area (Å²) in [5, 5.41) is 3.94. The first-order valence-corrected chi connectivity index (χ1v) is 8.59. The smallest absolute Gasteiger partial charge is 0.0348 e.